The lowest BCUT2D eigenvalue weighted by Gasteiger charge is -2.40. The third-order valence-electron chi connectivity index (χ3n) is 6.75. The van der Waals surface area contributed by atoms with Crippen molar-refractivity contribution in [3.05, 3.63) is 70.2 Å². The smallest absolute Gasteiger partial charge is 0.256 e. The van der Waals surface area contributed by atoms with Crippen molar-refractivity contribution in [1.82, 2.24) is 25.3 Å². The van der Waals surface area contributed by atoms with Crippen LogP contribution in [0.25, 0.3) is 0 Å². The lowest BCUT2D eigenvalue weighted by molar-refractivity contribution is -0.135. The molecule has 0 saturated carbocycles. The molecule has 0 spiro atoms. The van der Waals surface area contributed by atoms with Crippen LogP contribution in [0.3, 0.4) is 0 Å². The van der Waals surface area contributed by atoms with Crippen molar-refractivity contribution in [2.45, 2.75) is 5.66 Å². The number of benzene rings is 2. The molecule has 32 heavy (non-hydrogen) atoms. The molecule has 1 unspecified atom stereocenters. The number of fused-ring (bicyclic) bond motifs is 3. The van der Waals surface area contributed by atoms with Gasteiger partial charge in [-0.3, -0.25) is 14.5 Å². The second kappa shape index (κ2) is 8.83. The normalized spacial score (nSPS) is 22.8. The number of carbonyl (C=O) groups excluding carboxylic acids is 2. The molecule has 7 nitrogen and oxygen atoms in total. The molecule has 3 aliphatic rings. The van der Waals surface area contributed by atoms with Gasteiger partial charge in [-0.1, -0.05) is 41.9 Å². The Hall–Kier alpha value is -2.45. The standard InChI is InChI=1S/C24H28ClN5O2/c25-19-7-5-18(6-8-19)24-21-4-2-1-3-20(21)23(32)30(24)16-15-29(24)22(31)17-27-11-14-28-12-9-26-10-13-28/h1-8,26-27H,9-17H2. The van der Waals surface area contributed by atoms with Crippen LogP contribution in [0.1, 0.15) is 21.5 Å². The average molecular weight is 454 g/mol. The van der Waals surface area contributed by atoms with Gasteiger partial charge in [0, 0.05) is 74.1 Å². The van der Waals surface area contributed by atoms with Crippen LogP contribution in [0, 0.1) is 0 Å². The maximum absolute atomic E-state index is 13.5. The Labute approximate surface area is 193 Å². The van der Waals surface area contributed by atoms with Gasteiger partial charge in [0.05, 0.1) is 6.54 Å². The van der Waals surface area contributed by atoms with Crippen molar-refractivity contribution in [2.75, 3.05) is 58.9 Å². The summed E-state index contributed by atoms with van der Waals surface area (Å²) in [5.74, 6) is -0.0372. The minimum Gasteiger partial charge on any atom is -0.314 e. The molecule has 0 bridgehead atoms. The summed E-state index contributed by atoms with van der Waals surface area (Å²) in [7, 11) is 0. The fourth-order valence-electron chi connectivity index (χ4n) is 5.24. The lowest BCUT2D eigenvalue weighted by Crippen LogP contribution is -2.53. The van der Waals surface area contributed by atoms with Crippen molar-refractivity contribution in [3.8, 4) is 0 Å². The minimum atomic E-state index is -0.921. The van der Waals surface area contributed by atoms with E-state index in [1.807, 2.05) is 58.3 Å². The molecular formula is C24H28ClN5O2. The Morgan fingerprint density at radius 3 is 2.56 bits per heavy atom. The van der Waals surface area contributed by atoms with Crippen molar-refractivity contribution < 1.29 is 9.59 Å². The fraction of sp³-hybridized carbons (Fsp3) is 0.417. The van der Waals surface area contributed by atoms with Crippen LogP contribution in [0.2, 0.25) is 5.02 Å². The number of hydrogen-bond donors (Lipinski definition) is 2. The first kappa shape index (κ1) is 21.4. The average Bonchev–Trinajstić information content (AvgIpc) is 3.33. The highest BCUT2D eigenvalue weighted by molar-refractivity contribution is 6.30. The van der Waals surface area contributed by atoms with Gasteiger partial charge in [-0.05, 0) is 18.2 Å². The molecule has 2 aromatic carbocycles. The predicted octanol–water partition coefficient (Wildman–Crippen LogP) is 1.33. The van der Waals surface area contributed by atoms with E-state index in [0.29, 0.717) is 23.7 Å². The summed E-state index contributed by atoms with van der Waals surface area (Å²) in [5, 5.41) is 7.30. The SMILES string of the molecule is O=C(CNCCN1CCNCC1)N1CCN2C(=O)c3ccccc3C12c1ccc(Cl)cc1. The number of nitrogens with zero attached hydrogens (tertiary/aromatic N) is 3. The van der Waals surface area contributed by atoms with Gasteiger partial charge in [0.2, 0.25) is 5.91 Å². The van der Waals surface area contributed by atoms with Crippen LogP contribution in [0.5, 0.6) is 0 Å². The van der Waals surface area contributed by atoms with Crippen molar-refractivity contribution >= 4 is 23.4 Å². The van der Waals surface area contributed by atoms with E-state index >= 15 is 0 Å². The first-order valence-corrected chi connectivity index (χ1v) is 11.6. The molecule has 0 radical (unpaired) electrons. The topological polar surface area (TPSA) is 67.9 Å². The van der Waals surface area contributed by atoms with Crippen LogP contribution >= 0.6 is 11.6 Å². The number of carbonyl (C=O) groups is 2. The van der Waals surface area contributed by atoms with Gasteiger partial charge in [0.15, 0.2) is 5.66 Å². The van der Waals surface area contributed by atoms with Gasteiger partial charge in [0.25, 0.3) is 5.91 Å². The number of hydrogen-bond acceptors (Lipinski definition) is 5. The summed E-state index contributed by atoms with van der Waals surface area (Å²) < 4.78 is 0. The van der Waals surface area contributed by atoms with Crippen LogP contribution in [0.15, 0.2) is 48.5 Å². The van der Waals surface area contributed by atoms with Crippen LogP contribution in [0.4, 0.5) is 0 Å². The Bertz CT molecular complexity index is 1010. The van der Waals surface area contributed by atoms with E-state index in [4.69, 9.17) is 11.6 Å². The number of piperazine rings is 1. The third-order valence-corrected chi connectivity index (χ3v) is 7.00. The highest BCUT2D eigenvalue weighted by Gasteiger charge is 2.59. The first-order valence-electron chi connectivity index (χ1n) is 11.2. The van der Waals surface area contributed by atoms with Gasteiger partial charge < -0.3 is 20.4 Å². The van der Waals surface area contributed by atoms with E-state index in [0.717, 1.165) is 50.4 Å². The van der Waals surface area contributed by atoms with Crippen molar-refractivity contribution in [2.24, 2.45) is 0 Å². The van der Waals surface area contributed by atoms with Gasteiger partial charge >= 0.3 is 0 Å². The molecule has 3 aliphatic heterocycles. The number of amides is 2. The number of halogens is 1. The van der Waals surface area contributed by atoms with Crippen LogP contribution in [-0.2, 0) is 10.5 Å². The van der Waals surface area contributed by atoms with Crippen molar-refractivity contribution in [3.63, 3.8) is 0 Å². The molecule has 1 atom stereocenters. The zero-order valence-corrected chi connectivity index (χ0v) is 18.8. The first-order chi connectivity index (χ1) is 15.6. The Balaban J connectivity index is 1.40. The van der Waals surface area contributed by atoms with E-state index in [9.17, 15) is 9.59 Å². The number of nitrogens with one attached hydrogen (secondary N) is 2. The Morgan fingerprint density at radius 2 is 1.78 bits per heavy atom. The maximum atomic E-state index is 13.5. The molecule has 0 aromatic heterocycles. The zero-order chi connectivity index (χ0) is 22.1. The van der Waals surface area contributed by atoms with E-state index in [1.54, 1.807) is 0 Å². The van der Waals surface area contributed by atoms with Crippen LogP contribution in [-0.4, -0.2) is 85.4 Å². The molecular weight excluding hydrogens is 426 g/mol. The summed E-state index contributed by atoms with van der Waals surface area (Å²) in [4.78, 5) is 32.8. The second-order valence-electron chi connectivity index (χ2n) is 8.50. The Morgan fingerprint density at radius 1 is 1.03 bits per heavy atom. The molecule has 2 aromatic rings. The summed E-state index contributed by atoms with van der Waals surface area (Å²) in [6.07, 6.45) is 0. The predicted molar refractivity (Wildman–Crippen MR) is 124 cm³/mol. The molecule has 0 aliphatic carbocycles. The van der Waals surface area contributed by atoms with Gasteiger partial charge in [-0.15, -0.1) is 0 Å². The highest BCUT2D eigenvalue weighted by Crippen LogP contribution is 2.49. The largest absolute Gasteiger partial charge is 0.314 e. The molecule has 2 saturated heterocycles. The molecule has 168 valence electrons. The van der Waals surface area contributed by atoms with Gasteiger partial charge in [0.1, 0.15) is 0 Å². The maximum Gasteiger partial charge on any atom is 0.256 e. The third kappa shape index (κ3) is 3.49. The van der Waals surface area contributed by atoms with E-state index in [1.165, 1.54) is 0 Å². The summed E-state index contributed by atoms with van der Waals surface area (Å²) in [5.41, 5.74) is 1.48. The van der Waals surface area contributed by atoms with Gasteiger partial charge in [-0.25, -0.2) is 0 Å². The van der Waals surface area contributed by atoms with E-state index < -0.39 is 5.66 Å². The summed E-state index contributed by atoms with van der Waals surface area (Å²) in [6.45, 7) is 7.02. The lowest BCUT2D eigenvalue weighted by atomic mass is 9.90. The van der Waals surface area contributed by atoms with Crippen LogP contribution < -0.4 is 10.6 Å². The molecule has 8 heteroatoms. The highest BCUT2D eigenvalue weighted by atomic mass is 35.5. The summed E-state index contributed by atoms with van der Waals surface area (Å²) >= 11 is 6.16. The Kier molecular flexibility index (Phi) is 5.90. The van der Waals surface area contributed by atoms with E-state index in [-0.39, 0.29) is 18.4 Å². The number of rotatable bonds is 6. The molecule has 2 N–H and O–H groups in total. The molecule has 2 amide bonds. The van der Waals surface area contributed by atoms with E-state index in [2.05, 4.69) is 15.5 Å². The monoisotopic (exact) mass is 453 g/mol. The molecule has 3 heterocycles. The molecule has 2 fully saturated rings. The minimum absolute atomic E-state index is 0.00716. The fourth-order valence-corrected chi connectivity index (χ4v) is 5.37. The van der Waals surface area contributed by atoms with Gasteiger partial charge in [-0.2, -0.15) is 0 Å². The van der Waals surface area contributed by atoms with Crippen molar-refractivity contribution in [1.29, 1.82) is 0 Å². The quantitative estimate of drug-likeness (QED) is 0.646. The summed E-state index contributed by atoms with van der Waals surface area (Å²) in [6, 6.07) is 15.1. The second-order valence-corrected chi connectivity index (χ2v) is 8.93. The zero-order valence-electron chi connectivity index (χ0n) is 18.0. The molecule has 5 rings (SSSR count).